The van der Waals surface area contributed by atoms with Crippen molar-refractivity contribution in [1.29, 1.82) is 0 Å². The van der Waals surface area contributed by atoms with Crippen molar-refractivity contribution >= 4 is 23.0 Å². The molecule has 0 spiro atoms. The van der Waals surface area contributed by atoms with Gasteiger partial charge in [0.15, 0.2) is 11.5 Å². The van der Waals surface area contributed by atoms with Crippen LogP contribution in [0.1, 0.15) is 19.8 Å². The van der Waals surface area contributed by atoms with Gasteiger partial charge in [-0.25, -0.2) is 19.7 Å². The molecule has 1 fully saturated rings. The highest BCUT2D eigenvalue weighted by atomic mass is 16.4. The normalized spacial score (nSPS) is 18.5. The lowest BCUT2D eigenvalue weighted by Gasteiger charge is -2.26. The molecule has 1 unspecified atom stereocenters. The lowest BCUT2D eigenvalue weighted by atomic mass is 9.96. The molecule has 3 N–H and O–H groups in total. The lowest BCUT2D eigenvalue weighted by molar-refractivity contribution is -0.142. The summed E-state index contributed by atoms with van der Waals surface area (Å²) in [6, 6.07) is 0. The first kappa shape index (κ1) is 10.9. The maximum absolute atomic E-state index is 11.4. The second-order valence-corrected chi connectivity index (χ2v) is 4.73. The highest BCUT2D eigenvalue weighted by Gasteiger charge is 2.48. The van der Waals surface area contributed by atoms with E-state index in [-0.39, 0.29) is 5.92 Å². The van der Waals surface area contributed by atoms with Crippen molar-refractivity contribution in [3.63, 3.8) is 0 Å². The minimum absolute atomic E-state index is 0.142. The molecule has 1 atom stereocenters. The number of H-pyrrole nitrogens is 1. The summed E-state index contributed by atoms with van der Waals surface area (Å²) in [7, 11) is 0. The van der Waals surface area contributed by atoms with E-state index in [1.807, 2.05) is 0 Å². The Balaban J connectivity index is 2.00. The first-order valence-corrected chi connectivity index (χ1v) is 5.77. The molecule has 1 aliphatic carbocycles. The number of carbonyl (C=O) groups is 1. The van der Waals surface area contributed by atoms with Crippen molar-refractivity contribution in [2.24, 2.45) is 5.92 Å². The van der Waals surface area contributed by atoms with Crippen molar-refractivity contribution in [1.82, 2.24) is 19.9 Å². The van der Waals surface area contributed by atoms with Crippen LogP contribution in [0.25, 0.3) is 11.2 Å². The highest BCUT2D eigenvalue weighted by molar-refractivity contribution is 5.88. The van der Waals surface area contributed by atoms with E-state index in [0.29, 0.717) is 17.0 Å². The van der Waals surface area contributed by atoms with Gasteiger partial charge in [-0.2, -0.15) is 0 Å². The van der Waals surface area contributed by atoms with Gasteiger partial charge in [-0.3, -0.25) is 0 Å². The number of hydrogen-bond acceptors (Lipinski definition) is 5. The Morgan fingerprint density at radius 3 is 2.94 bits per heavy atom. The predicted octanol–water partition coefficient (Wildman–Crippen LogP) is 1.02. The molecule has 1 saturated carbocycles. The minimum Gasteiger partial charge on any atom is -0.480 e. The third-order valence-electron chi connectivity index (χ3n) is 3.44. The summed E-state index contributed by atoms with van der Waals surface area (Å²) in [5, 5.41) is 12.4. The van der Waals surface area contributed by atoms with Crippen LogP contribution >= 0.6 is 0 Å². The maximum atomic E-state index is 11.4. The number of fused-ring (bicyclic) bond motifs is 1. The fraction of sp³-hybridized carbons (Fsp3) is 0.455. The number of hydrogen-bond donors (Lipinski definition) is 3. The molecule has 18 heavy (non-hydrogen) atoms. The van der Waals surface area contributed by atoms with Crippen LogP contribution in [-0.4, -0.2) is 36.6 Å². The van der Waals surface area contributed by atoms with Crippen LogP contribution in [0.15, 0.2) is 12.7 Å². The highest BCUT2D eigenvalue weighted by Crippen LogP contribution is 2.41. The molecular formula is C11H13N5O2. The number of nitrogens with one attached hydrogen (secondary N) is 2. The van der Waals surface area contributed by atoms with Gasteiger partial charge in [0, 0.05) is 0 Å². The SMILES string of the molecule is CC(Nc1ncnc2nc[nH]c12)(C(=O)O)C1CC1. The van der Waals surface area contributed by atoms with Gasteiger partial charge in [-0.1, -0.05) is 0 Å². The summed E-state index contributed by atoms with van der Waals surface area (Å²) in [5.74, 6) is -0.242. The zero-order valence-corrected chi connectivity index (χ0v) is 9.84. The van der Waals surface area contributed by atoms with E-state index < -0.39 is 11.5 Å². The zero-order chi connectivity index (χ0) is 12.8. The molecule has 0 aromatic carbocycles. The molecule has 0 amide bonds. The molecule has 2 aromatic rings. The number of nitrogens with zero attached hydrogens (tertiary/aromatic N) is 3. The Kier molecular flexibility index (Phi) is 2.22. The molecule has 2 heterocycles. The Morgan fingerprint density at radius 2 is 2.28 bits per heavy atom. The molecule has 7 nitrogen and oxygen atoms in total. The van der Waals surface area contributed by atoms with Gasteiger partial charge in [0.25, 0.3) is 0 Å². The van der Waals surface area contributed by atoms with Gasteiger partial charge in [-0.15, -0.1) is 0 Å². The number of carboxylic acids is 1. The molecule has 1 aliphatic rings. The molecule has 2 aromatic heterocycles. The third-order valence-corrected chi connectivity index (χ3v) is 3.44. The van der Waals surface area contributed by atoms with Gasteiger partial charge in [-0.05, 0) is 25.7 Å². The predicted molar refractivity (Wildman–Crippen MR) is 64.1 cm³/mol. The summed E-state index contributed by atoms with van der Waals surface area (Å²) in [6.07, 6.45) is 4.74. The van der Waals surface area contributed by atoms with Crippen molar-refractivity contribution in [2.75, 3.05) is 5.32 Å². The first-order chi connectivity index (χ1) is 8.61. The van der Waals surface area contributed by atoms with Crippen LogP contribution in [0.4, 0.5) is 5.82 Å². The summed E-state index contributed by atoms with van der Waals surface area (Å²) < 4.78 is 0. The molecule has 0 radical (unpaired) electrons. The molecule has 3 rings (SSSR count). The average Bonchev–Trinajstić information content (AvgIpc) is 3.08. The molecule has 94 valence electrons. The monoisotopic (exact) mass is 247 g/mol. The molecule has 0 saturated heterocycles. The van der Waals surface area contributed by atoms with E-state index in [9.17, 15) is 9.90 Å². The Bertz CT molecular complexity index is 606. The van der Waals surface area contributed by atoms with Crippen LogP contribution in [0.3, 0.4) is 0 Å². The van der Waals surface area contributed by atoms with Crippen LogP contribution < -0.4 is 5.32 Å². The largest absolute Gasteiger partial charge is 0.480 e. The molecule has 0 aliphatic heterocycles. The third kappa shape index (κ3) is 1.59. The van der Waals surface area contributed by atoms with Crippen LogP contribution in [0.5, 0.6) is 0 Å². The van der Waals surface area contributed by atoms with Crippen molar-refractivity contribution in [3.05, 3.63) is 12.7 Å². The standard InChI is InChI=1S/C11H13N5O2/c1-11(10(17)18,6-2-3-6)16-9-7-8(13-4-12-7)14-5-15-9/h4-6H,2-3H2,1H3,(H,17,18)(H2,12,13,14,15,16). The van der Waals surface area contributed by atoms with E-state index in [2.05, 4.69) is 25.3 Å². The summed E-state index contributed by atoms with van der Waals surface area (Å²) in [4.78, 5) is 26.5. The number of rotatable bonds is 4. The smallest absolute Gasteiger partial charge is 0.329 e. The van der Waals surface area contributed by atoms with Gasteiger partial charge in [0.2, 0.25) is 0 Å². The summed E-state index contributed by atoms with van der Waals surface area (Å²) in [5.41, 5.74) is 0.161. The van der Waals surface area contributed by atoms with Crippen molar-refractivity contribution in [2.45, 2.75) is 25.3 Å². The van der Waals surface area contributed by atoms with Gasteiger partial charge >= 0.3 is 5.97 Å². The van der Waals surface area contributed by atoms with Crippen molar-refractivity contribution in [3.8, 4) is 0 Å². The number of aliphatic carboxylic acids is 1. The fourth-order valence-corrected chi connectivity index (χ4v) is 2.10. The zero-order valence-electron chi connectivity index (χ0n) is 9.84. The average molecular weight is 247 g/mol. The number of carboxylic acid groups (broad SMARTS) is 1. The van der Waals surface area contributed by atoms with Crippen molar-refractivity contribution < 1.29 is 9.90 Å². The van der Waals surface area contributed by atoms with E-state index in [0.717, 1.165) is 12.8 Å². The molecule has 7 heteroatoms. The molecular weight excluding hydrogens is 234 g/mol. The van der Waals surface area contributed by atoms with Crippen LogP contribution in [0.2, 0.25) is 0 Å². The Morgan fingerprint density at radius 1 is 1.50 bits per heavy atom. The topological polar surface area (TPSA) is 104 Å². The van der Waals surface area contributed by atoms with Crippen LogP contribution in [-0.2, 0) is 4.79 Å². The second kappa shape index (κ2) is 3.66. The summed E-state index contributed by atoms with van der Waals surface area (Å²) in [6.45, 7) is 1.69. The van der Waals surface area contributed by atoms with Gasteiger partial charge in [0.1, 0.15) is 17.4 Å². The number of imidazole rings is 1. The van der Waals surface area contributed by atoms with E-state index >= 15 is 0 Å². The fourth-order valence-electron chi connectivity index (χ4n) is 2.10. The number of anilines is 1. The maximum Gasteiger partial charge on any atom is 0.329 e. The minimum atomic E-state index is -0.994. The lowest BCUT2D eigenvalue weighted by Crippen LogP contribution is -2.45. The number of aromatic nitrogens is 4. The first-order valence-electron chi connectivity index (χ1n) is 5.77. The van der Waals surface area contributed by atoms with Crippen LogP contribution in [0, 0.1) is 5.92 Å². The second-order valence-electron chi connectivity index (χ2n) is 4.73. The van der Waals surface area contributed by atoms with Gasteiger partial charge in [0.05, 0.1) is 6.33 Å². The summed E-state index contributed by atoms with van der Waals surface area (Å²) >= 11 is 0. The van der Waals surface area contributed by atoms with E-state index in [1.54, 1.807) is 6.92 Å². The Labute approximate surface area is 103 Å². The quantitative estimate of drug-likeness (QED) is 0.745. The van der Waals surface area contributed by atoms with E-state index in [1.165, 1.54) is 12.7 Å². The number of aromatic amines is 1. The molecule has 0 bridgehead atoms. The van der Waals surface area contributed by atoms with Gasteiger partial charge < -0.3 is 15.4 Å². The Hall–Kier alpha value is -2.18. The van der Waals surface area contributed by atoms with E-state index in [4.69, 9.17) is 0 Å².